The summed E-state index contributed by atoms with van der Waals surface area (Å²) in [4.78, 5) is 26.6. The predicted molar refractivity (Wildman–Crippen MR) is 126 cm³/mol. The van der Waals surface area contributed by atoms with E-state index in [9.17, 15) is 9.59 Å². The molecule has 0 aliphatic rings. The first-order chi connectivity index (χ1) is 14.9. The standard InChI is InChI=1S/C23H26N4O3S/c1-5-27(3)19-11-10-16(12-20(19)30-4)23(29)24-13-22(28)26-25-15(2)18-14-31-21-9-7-6-8-17(18)21/h6-12,14H,5,13H2,1-4H3,(H,24,29)(H,26,28)/b25-15+. The third-order valence-corrected chi connectivity index (χ3v) is 5.92. The summed E-state index contributed by atoms with van der Waals surface area (Å²) in [5, 5.41) is 9.91. The summed E-state index contributed by atoms with van der Waals surface area (Å²) in [5.41, 5.74) is 5.50. The highest BCUT2D eigenvalue weighted by Gasteiger charge is 2.13. The minimum Gasteiger partial charge on any atom is -0.495 e. The second-order valence-corrected chi connectivity index (χ2v) is 7.87. The lowest BCUT2D eigenvalue weighted by Crippen LogP contribution is -2.35. The van der Waals surface area contributed by atoms with Gasteiger partial charge in [-0.05, 0) is 38.1 Å². The first-order valence-corrected chi connectivity index (χ1v) is 10.8. The van der Waals surface area contributed by atoms with Crippen LogP contribution in [0.15, 0.2) is 52.9 Å². The van der Waals surface area contributed by atoms with Gasteiger partial charge in [0, 0.05) is 40.2 Å². The van der Waals surface area contributed by atoms with Gasteiger partial charge in [-0.25, -0.2) is 5.43 Å². The smallest absolute Gasteiger partial charge is 0.259 e. The number of nitrogens with zero attached hydrogens (tertiary/aromatic N) is 2. The molecule has 3 aromatic rings. The Kier molecular flexibility index (Phi) is 7.25. The van der Waals surface area contributed by atoms with Crippen LogP contribution in [0.2, 0.25) is 0 Å². The van der Waals surface area contributed by atoms with Crippen molar-refractivity contribution in [1.29, 1.82) is 0 Å². The molecule has 0 aliphatic heterocycles. The van der Waals surface area contributed by atoms with Crippen molar-refractivity contribution in [3.63, 3.8) is 0 Å². The molecule has 2 aromatic carbocycles. The van der Waals surface area contributed by atoms with Crippen LogP contribution >= 0.6 is 11.3 Å². The van der Waals surface area contributed by atoms with Gasteiger partial charge in [0.1, 0.15) is 5.75 Å². The molecule has 162 valence electrons. The van der Waals surface area contributed by atoms with Crippen molar-refractivity contribution >= 4 is 44.6 Å². The number of nitrogens with one attached hydrogen (secondary N) is 2. The molecular formula is C23H26N4O3S. The number of hydrogen-bond donors (Lipinski definition) is 2. The number of benzene rings is 2. The average molecular weight is 439 g/mol. The lowest BCUT2D eigenvalue weighted by atomic mass is 10.1. The molecule has 0 spiro atoms. The monoisotopic (exact) mass is 438 g/mol. The number of carbonyl (C=O) groups excluding carboxylic acids is 2. The SMILES string of the molecule is CCN(C)c1ccc(C(=O)NCC(=O)N/N=C(\C)c2csc3ccccc23)cc1OC. The van der Waals surface area contributed by atoms with Crippen LogP contribution in [-0.4, -0.2) is 44.8 Å². The van der Waals surface area contributed by atoms with Crippen molar-refractivity contribution in [2.45, 2.75) is 13.8 Å². The normalized spacial score (nSPS) is 11.3. The van der Waals surface area contributed by atoms with Gasteiger partial charge in [-0.1, -0.05) is 18.2 Å². The Bertz CT molecular complexity index is 1120. The molecule has 3 rings (SSSR count). The number of methoxy groups -OCH3 is 1. The van der Waals surface area contributed by atoms with Crippen LogP contribution in [0.4, 0.5) is 5.69 Å². The van der Waals surface area contributed by atoms with Crippen molar-refractivity contribution in [2.75, 3.05) is 32.1 Å². The van der Waals surface area contributed by atoms with Crippen LogP contribution in [0.1, 0.15) is 29.8 Å². The molecule has 0 atom stereocenters. The Morgan fingerprint density at radius 2 is 1.97 bits per heavy atom. The van der Waals surface area contributed by atoms with Crippen molar-refractivity contribution in [2.24, 2.45) is 5.10 Å². The summed E-state index contributed by atoms with van der Waals surface area (Å²) in [5.74, 6) is -0.158. The number of ether oxygens (including phenoxy) is 1. The topological polar surface area (TPSA) is 83.0 Å². The quantitative estimate of drug-likeness (QED) is 0.416. The molecule has 2 amide bonds. The van der Waals surface area contributed by atoms with E-state index in [4.69, 9.17) is 4.74 Å². The summed E-state index contributed by atoms with van der Waals surface area (Å²) in [7, 11) is 3.51. The van der Waals surface area contributed by atoms with Gasteiger partial charge in [-0.3, -0.25) is 9.59 Å². The fourth-order valence-corrected chi connectivity index (χ4v) is 4.08. The van der Waals surface area contributed by atoms with Crippen molar-refractivity contribution in [3.05, 3.63) is 59.0 Å². The molecule has 0 aliphatic carbocycles. The lowest BCUT2D eigenvalue weighted by Gasteiger charge is -2.20. The van der Waals surface area contributed by atoms with E-state index < -0.39 is 5.91 Å². The van der Waals surface area contributed by atoms with Crippen LogP contribution < -0.4 is 20.4 Å². The van der Waals surface area contributed by atoms with Gasteiger partial charge >= 0.3 is 0 Å². The molecule has 7 nitrogen and oxygen atoms in total. The van der Waals surface area contributed by atoms with Crippen molar-refractivity contribution in [3.8, 4) is 5.75 Å². The van der Waals surface area contributed by atoms with E-state index in [1.165, 1.54) is 0 Å². The molecule has 8 heteroatoms. The van der Waals surface area contributed by atoms with Gasteiger partial charge in [0.05, 0.1) is 25.1 Å². The molecule has 0 saturated heterocycles. The fraction of sp³-hybridized carbons (Fsp3) is 0.261. The maximum Gasteiger partial charge on any atom is 0.259 e. The summed E-state index contributed by atoms with van der Waals surface area (Å²) in [6, 6.07) is 13.2. The maximum absolute atomic E-state index is 12.4. The molecule has 0 unspecified atom stereocenters. The third-order valence-electron chi connectivity index (χ3n) is 4.96. The molecule has 31 heavy (non-hydrogen) atoms. The zero-order valence-corrected chi connectivity index (χ0v) is 18.9. The number of carbonyl (C=O) groups is 2. The number of hydrazone groups is 1. The summed E-state index contributed by atoms with van der Waals surface area (Å²) >= 11 is 1.63. The zero-order chi connectivity index (χ0) is 22.4. The number of thiophene rings is 1. The predicted octanol–water partition coefficient (Wildman–Crippen LogP) is 3.64. The number of amides is 2. The maximum atomic E-state index is 12.4. The molecule has 1 heterocycles. The summed E-state index contributed by atoms with van der Waals surface area (Å²) in [6.07, 6.45) is 0. The summed E-state index contributed by atoms with van der Waals surface area (Å²) in [6.45, 7) is 4.50. The number of anilines is 1. The van der Waals surface area contributed by atoms with Gasteiger partial charge in [-0.2, -0.15) is 5.10 Å². The molecule has 2 N–H and O–H groups in total. The largest absolute Gasteiger partial charge is 0.495 e. The van der Waals surface area contributed by atoms with Gasteiger partial charge < -0.3 is 15.0 Å². The van der Waals surface area contributed by atoms with E-state index in [0.717, 1.165) is 27.9 Å². The van der Waals surface area contributed by atoms with Crippen molar-refractivity contribution in [1.82, 2.24) is 10.7 Å². The fourth-order valence-electron chi connectivity index (χ4n) is 3.07. The van der Waals surface area contributed by atoms with E-state index in [-0.39, 0.29) is 12.5 Å². The van der Waals surface area contributed by atoms with Gasteiger partial charge in [0.25, 0.3) is 11.8 Å². The molecule has 1 aromatic heterocycles. The zero-order valence-electron chi connectivity index (χ0n) is 18.1. The van der Waals surface area contributed by atoms with Gasteiger partial charge in [0.2, 0.25) is 0 Å². The van der Waals surface area contributed by atoms with E-state index in [2.05, 4.69) is 15.8 Å². The minimum absolute atomic E-state index is 0.182. The lowest BCUT2D eigenvalue weighted by molar-refractivity contribution is -0.120. The van der Waals surface area contributed by atoms with Crippen molar-refractivity contribution < 1.29 is 14.3 Å². The highest BCUT2D eigenvalue weighted by Crippen LogP contribution is 2.28. The van der Waals surface area contributed by atoms with E-state index in [1.54, 1.807) is 30.6 Å². The Morgan fingerprint density at radius 1 is 1.19 bits per heavy atom. The first kappa shape index (κ1) is 22.3. The molecule has 0 fully saturated rings. The molecular weight excluding hydrogens is 412 g/mol. The van der Waals surface area contributed by atoms with Gasteiger partial charge in [0.15, 0.2) is 0 Å². The van der Waals surface area contributed by atoms with E-state index in [1.807, 2.05) is 61.5 Å². The number of hydrogen-bond acceptors (Lipinski definition) is 6. The van der Waals surface area contributed by atoms with E-state index >= 15 is 0 Å². The highest BCUT2D eigenvalue weighted by atomic mass is 32.1. The molecule has 0 radical (unpaired) electrons. The van der Waals surface area contributed by atoms with Crippen LogP contribution in [-0.2, 0) is 4.79 Å². The molecule has 0 bridgehead atoms. The van der Waals surface area contributed by atoms with Crippen LogP contribution in [0.5, 0.6) is 5.75 Å². The van der Waals surface area contributed by atoms with Gasteiger partial charge in [-0.15, -0.1) is 11.3 Å². The Labute approximate surface area is 185 Å². The second kappa shape index (κ2) is 10.1. The van der Waals surface area contributed by atoms with Crippen LogP contribution in [0.25, 0.3) is 10.1 Å². The third kappa shape index (κ3) is 5.21. The first-order valence-electron chi connectivity index (χ1n) is 9.91. The summed E-state index contributed by atoms with van der Waals surface area (Å²) < 4.78 is 6.56. The Balaban J connectivity index is 1.59. The Morgan fingerprint density at radius 3 is 2.71 bits per heavy atom. The molecule has 0 saturated carbocycles. The highest BCUT2D eigenvalue weighted by molar-refractivity contribution is 7.17. The average Bonchev–Trinajstić information content (AvgIpc) is 3.24. The minimum atomic E-state index is -0.401. The van der Waals surface area contributed by atoms with E-state index in [0.29, 0.717) is 17.0 Å². The second-order valence-electron chi connectivity index (χ2n) is 6.96. The number of rotatable bonds is 8. The van der Waals surface area contributed by atoms with Crippen LogP contribution in [0.3, 0.4) is 0 Å². The van der Waals surface area contributed by atoms with Crippen LogP contribution in [0, 0.1) is 0 Å². The Hall–Kier alpha value is -3.39. The number of fused-ring (bicyclic) bond motifs is 1.